The number of aromatic hydroxyl groups is 1. The number of hydrogen-bond acceptors (Lipinski definition) is 10. The number of primary amides is 1. The van der Waals surface area contributed by atoms with Crippen molar-refractivity contribution in [2.24, 2.45) is 17.6 Å². The lowest BCUT2D eigenvalue weighted by molar-refractivity contribution is -0.153. The number of amides is 1. The summed E-state index contributed by atoms with van der Waals surface area (Å²) in [4.78, 5) is 42.3. The van der Waals surface area contributed by atoms with Crippen molar-refractivity contribution in [1.82, 2.24) is 9.80 Å². The number of ketones is 2. The van der Waals surface area contributed by atoms with Gasteiger partial charge in [-0.2, -0.15) is 0 Å². The summed E-state index contributed by atoms with van der Waals surface area (Å²) < 4.78 is 21.1. The van der Waals surface area contributed by atoms with Crippen LogP contribution in [0.4, 0.5) is 4.39 Å². The SMILES string of the molecule is CN(C)[C@@H]1C(=O)C(C(N)=O)=C(O)[C@@]2(O)C(=O)C3=C(O)c4c(O)cc(CN5CCOCC5)c(F)c4C[C@H]3C[C@@H]12. The molecule has 1 heterocycles. The molecule has 11 nitrogen and oxygen atoms in total. The van der Waals surface area contributed by atoms with E-state index in [-0.39, 0.29) is 41.6 Å². The van der Waals surface area contributed by atoms with E-state index in [1.54, 1.807) is 0 Å². The highest BCUT2D eigenvalue weighted by Gasteiger charge is 2.64. The van der Waals surface area contributed by atoms with Crippen LogP contribution in [0.15, 0.2) is 23.0 Å². The van der Waals surface area contributed by atoms with E-state index in [0.717, 1.165) is 0 Å². The lowest BCUT2D eigenvalue weighted by Gasteiger charge is -2.50. The molecule has 1 saturated heterocycles. The van der Waals surface area contributed by atoms with Gasteiger partial charge in [0.1, 0.15) is 28.7 Å². The molecule has 0 spiro atoms. The fourth-order valence-electron chi connectivity index (χ4n) is 6.46. The number of Topliss-reactive ketones (excluding diaryl/α,β-unsaturated/α-hetero) is 2. The minimum absolute atomic E-state index is 0.0267. The largest absolute Gasteiger partial charge is 0.508 e. The number of likely N-dealkylation sites (N-methyl/N-ethyl adjacent to an activating group) is 1. The number of phenols is 1. The smallest absolute Gasteiger partial charge is 0.255 e. The van der Waals surface area contributed by atoms with E-state index in [2.05, 4.69) is 0 Å². The third-order valence-corrected chi connectivity index (χ3v) is 8.23. The standard InChI is InChI=1S/C26H30FN3O8/c1-29(2)20-14-8-11-7-13-17(15(31)9-12(19(13)27)10-30-3-5-38-6-4-30)21(32)16(11)23(34)26(14,37)24(35)18(22(20)33)25(28)36/h9,11,14,20,31-32,35,37H,3-8,10H2,1-2H3,(H2,28,36)/t11-,14-,20-,26-/m0/s1. The predicted molar refractivity (Wildman–Crippen MR) is 130 cm³/mol. The number of halogens is 1. The number of aliphatic hydroxyl groups is 3. The number of phenolic OH excluding ortho intramolecular Hbond substituents is 1. The quantitative estimate of drug-likeness (QED) is 0.331. The highest BCUT2D eigenvalue weighted by atomic mass is 19.1. The second kappa shape index (κ2) is 9.16. The number of nitrogens with two attached hydrogens (primary N) is 1. The fraction of sp³-hybridized carbons (Fsp3) is 0.500. The molecule has 1 saturated carbocycles. The van der Waals surface area contributed by atoms with Crippen LogP contribution in [-0.2, 0) is 32.1 Å². The molecule has 0 radical (unpaired) electrons. The Bertz CT molecular complexity index is 1320. The van der Waals surface area contributed by atoms with E-state index in [4.69, 9.17) is 10.5 Å². The maximum absolute atomic E-state index is 15.8. The van der Waals surface area contributed by atoms with Crippen LogP contribution in [0.2, 0.25) is 0 Å². The Morgan fingerprint density at radius 1 is 1.24 bits per heavy atom. The Morgan fingerprint density at radius 3 is 2.50 bits per heavy atom. The van der Waals surface area contributed by atoms with Gasteiger partial charge in [-0.3, -0.25) is 24.2 Å². The molecule has 12 heteroatoms. The first-order valence-corrected chi connectivity index (χ1v) is 12.4. The molecule has 204 valence electrons. The van der Waals surface area contributed by atoms with Crippen molar-refractivity contribution in [3.8, 4) is 5.75 Å². The molecule has 4 aliphatic rings. The Balaban J connectivity index is 1.64. The van der Waals surface area contributed by atoms with Gasteiger partial charge in [0, 0.05) is 42.3 Å². The van der Waals surface area contributed by atoms with E-state index < -0.39 is 69.6 Å². The van der Waals surface area contributed by atoms with Gasteiger partial charge in [-0.15, -0.1) is 0 Å². The first kappa shape index (κ1) is 26.3. The molecule has 2 fully saturated rings. The number of ether oxygens (including phenoxy) is 1. The lowest BCUT2D eigenvalue weighted by Crippen LogP contribution is -2.65. The zero-order valence-corrected chi connectivity index (χ0v) is 21.0. The molecule has 6 N–H and O–H groups in total. The third kappa shape index (κ3) is 3.66. The zero-order chi connectivity index (χ0) is 27.7. The zero-order valence-electron chi connectivity index (χ0n) is 21.0. The van der Waals surface area contributed by atoms with Crippen LogP contribution < -0.4 is 5.73 Å². The predicted octanol–water partition coefficient (Wildman–Crippen LogP) is -0.0647. The number of morpholine rings is 1. The monoisotopic (exact) mass is 531 g/mol. The second-order valence-electron chi connectivity index (χ2n) is 10.6. The Morgan fingerprint density at radius 2 is 1.89 bits per heavy atom. The molecule has 5 rings (SSSR count). The molecule has 3 aliphatic carbocycles. The Labute approximate surface area is 217 Å². The molecule has 0 aromatic heterocycles. The van der Waals surface area contributed by atoms with Crippen molar-refractivity contribution in [1.29, 1.82) is 0 Å². The number of benzene rings is 1. The minimum Gasteiger partial charge on any atom is -0.508 e. The number of carbonyl (C=O) groups excluding carboxylic acids is 3. The summed E-state index contributed by atoms with van der Waals surface area (Å²) in [5, 5.41) is 44.4. The van der Waals surface area contributed by atoms with Gasteiger partial charge in [-0.05, 0) is 38.9 Å². The van der Waals surface area contributed by atoms with Gasteiger partial charge in [0.2, 0.25) is 5.78 Å². The van der Waals surface area contributed by atoms with Crippen LogP contribution >= 0.6 is 0 Å². The lowest BCUT2D eigenvalue weighted by atomic mass is 9.57. The van der Waals surface area contributed by atoms with Crippen LogP contribution in [0.3, 0.4) is 0 Å². The van der Waals surface area contributed by atoms with Crippen LogP contribution in [0.1, 0.15) is 23.1 Å². The van der Waals surface area contributed by atoms with E-state index >= 15 is 4.39 Å². The highest BCUT2D eigenvalue weighted by Crippen LogP contribution is 2.53. The summed E-state index contributed by atoms with van der Waals surface area (Å²) in [6.45, 7) is 2.41. The molecule has 1 aliphatic heterocycles. The summed E-state index contributed by atoms with van der Waals surface area (Å²) in [5.41, 5.74) is 1.38. The van der Waals surface area contributed by atoms with E-state index in [0.29, 0.717) is 26.3 Å². The molecular formula is C26H30FN3O8. The number of fused-ring (bicyclic) bond motifs is 3. The van der Waals surface area contributed by atoms with Crippen molar-refractivity contribution in [3.63, 3.8) is 0 Å². The highest BCUT2D eigenvalue weighted by molar-refractivity contribution is 6.24. The summed E-state index contributed by atoms with van der Waals surface area (Å²) in [5.74, 6) is -8.24. The van der Waals surface area contributed by atoms with Gasteiger partial charge in [-0.25, -0.2) is 4.39 Å². The van der Waals surface area contributed by atoms with Crippen molar-refractivity contribution in [2.45, 2.75) is 31.0 Å². The van der Waals surface area contributed by atoms with Crippen LogP contribution in [0.25, 0.3) is 5.76 Å². The van der Waals surface area contributed by atoms with E-state index in [9.17, 15) is 34.8 Å². The first-order valence-electron chi connectivity index (χ1n) is 12.4. The minimum atomic E-state index is -2.73. The van der Waals surface area contributed by atoms with Crippen molar-refractivity contribution in [3.05, 3.63) is 45.5 Å². The normalized spacial score (nSPS) is 29.9. The Hall–Kier alpha value is -3.32. The maximum atomic E-state index is 15.8. The number of aliphatic hydroxyl groups excluding tert-OH is 2. The molecule has 0 bridgehead atoms. The van der Waals surface area contributed by atoms with Crippen molar-refractivity contribution >= 4 is 23.2 Å². The topological polar surface area (TPSA) is 174 Å². The van der Waals surface area contributed by atoms with Crippen LogP contribution in [0.5, 0.6) is 5.75 Å². The molecule has 38 heavy (non-hydrogen) atoms. The molecule has 0 unspecified atom stereocenters. The van der Waals surface area contributed by atoms with Gasteiger partial charge in [-0.1, -0.05) is 0 Å². The van der Waals surface area contributed by atoms with Crippen molar-refractivity contribution in [2.75, 3.05) is 40.4 Å². The van der Waals surface area contributed by atoms with Gasteiger partial charge in [0.05, 0.1) is 24.8 Å². The summed E-state index contributed by atoms with van der Waals surface area (Å²) >= 11 is 0. The number of carbonyl (C=O) groups is 3. The van der Waals surface area contributed by atoms with Gasteiger partial charge in [0.25, 0.3) is 5.91 Å². The molecule has 1 aromatic carbocycles. The van der Waals surface area contributed by atoms with Gasteiger partial charge >= 0.3 is 0 Å². The average Bonchev–Trinajstić information content (AvgIpc) is 2.84. The van der Waals surface area contributed by atoms with Crippen LogP contribution in [0, 0.1) is 17.7 Å². The van der Waals surface area contributed by atoms with Gasteiger partial charge < -0.3 is 30.9 Å². The number of hydrogen-bond donors (Lipinski definition) is 5. The van der Waals surface area contributed by atoms with Crippen molar-refractivity contribution < 1.29 is 43.9 Å². The number of rotatable bonds is 4. The molecular weight excluding hydrogens is 501 g/mol. The summed E-state index contributed by atoms with van der Waals surface area (Å²) in [6.07, 6.45) is -0.190. The molecule has 4 atom stereocenters. The maximum Gasteiger partial charge on any atom is 0.255 e. The second-order valence-corrected chi connectivity index (χ2v) is 10.6. The summed E-state index contributed by atoms with van der Waals surface area (Å²) in [6, 6.07) is 0.00787. The Kier molecular flexibility index (Phi) is 6.33. The van der Waals surface area contributed by atoms with Gasteiger partial charge in [0.15, 0.2) is 11.4 Å². The fourth-order valence-corrected chi connectivity index (χ4v) is 6.46. The molecule has 1 aromatic rings. The third-order valence-electron chi connectivity index (χ3n) is 8.23. The van der Waals surface area contributed by atoms with Crippen LogP contribution in [-0.4, -0.2) is 99.7 Å². The van der Waals surface area contributed by atoms with E-state index in [1.165, 1.54) is 25.1 Å². The first-order chi connectivity index (χ1) is 17.9. The average molecular weight is 532 g/mol. The number of nitrogens with zero attached hydrogens (tertiary/aromatic N) is 2. The summed E-state index contributed by atoms with van der Waals surface area (Å²) in [7, 11) is 3.03. The molecule has 1 amide bonds. The van der Waals surface area contributed by atoms with E-state index in [1.807, 2.05) is 4.90 Å².